The minimum atomic E-state index is -0.0999. The van der Waals surface area contributed by atoms with E-state index < -0.39 is 0 Å². The maximum atomic E-state index is 13.3. The molecule has 1 atom stereocenters. The fraction of sp³-hybridized carbons (Fsp3) is 0.192. The number of hydrogen-bond donors (Lipinski definition) is 2. The van der Waals surface area contributed by atoms with E-state index in [1.54, 1.807) is 15.3 Å². The van der Waals surface area contributed by atoms with E-state index in [2.05, 4.69) is 32.5 Å². The average Bonchev–Trinajstić information content (AvgIpc) is 3.55. The lowest BCUT2D eigenvalue weighted by Gasteiger charge is -2.19. The molecular weight excluding hydrogens is 440 g/mol. The largest absolute Gasteiger partial charge is 0.398 e. The number of rotatable bonds is 8. The van der Waals surface area contributed by atoms with Gasteiger partial charge in [0, 0.05) is 35.4 Å². The Morgan fingerprint density at radius 2 is 1.80 bits per heavy atom. The Bertz CT molecular complexity index is 1470. The molecule has 35 heavy (non-hydrogen) atoms. The standard InChI is InChI=1S/C26H26N8O/c1-2-7-24(21-10-5-6-11-22(21)27)34-15-14-33(26(34)35)17-18-12-13-23(28-16-18)19-8-3-4-9-20(19)25-29-31-32-30-25/h3-6,8-16,24H,2,7,17,27H2,1H3,(H,29,30,31,32). The maximum Gasteiger partial charge on any atom is 0.329 e. The second-order valence-electron chi connectivity index (χ2n) is 8.38. The number of aromatic amines is 1. The molecule has 0 bridgehead atoms. The summed E-state index contributed by atoms with van der Waals surface area (Å²) in [6.07, 6.45) is 7.23. The van der Waals surface area contributed by atoms with Crippen LogP contribution in [0.2, 0.25) is 0 Å². The highest BCUT2D eigenvalue weighted by Crippen LogP contribution is 2.29. The molecule has 0 aliphatic carbocycles. The maximum absolute atomic E-state index is 13.3. The Labute approximate surface area is 202 Å². The molecule has 0 aliphatic rings. The predicted octanol–water partition coefficient (Wildman–Crippen LogP) is 3.91. The van der Waals surface area contributed by atoms with Crippen LogP contribution in [0.15, 0.2) is 84.0 Å². The van der Waals surface area contributed by atoms with Crippen LogP contribution in [0.25, 0.3) is 22.6 Å². The van der Waals surface area contributed by atoms with Crippen LogP contribution in [0.3, 0.4) is 0 Å². The van der Waals surface area contributed by atoms with Gasteiger partial charge in [0.2, 0.25) is 5.82 Å². The van der Waals surface area contributed by atoms with Crippen molar-refractivity contribution in [2.24, 2.45) is 0 Å². The van der Waals surface area contributed by atoms with Crippen molar-refractivity contribution < 1.29 is 0 Å². The van der Waals surface area contributed by atoms with Crippen molar-refractivity contribution in [2.45, 2.75) is 32.4 Å². The first-order valence-electron chi connectivity index (χ1n) is 11.6. The molecule has 0 amide bonds. The van der Waals surface area contributed by atoms with Gasteiger partial charge < -0.3 is 5.73 Å². The Hall–Kier alpha value is -4.53. The van der Waals surface area contributed by atoms with Crippen molar-refractivity contribution in [3.05, 3.63) is 101 Å². The normalized spacial score (nSPS) is 12.0. The number of tetrazole rings is 1. The number of hydrogen-bond acceptors (Lipinski definition) is 6. The number of para-hydroxylation sites is 1. The molecule has 3 heterocycles. The van der Waals surface area contributed by atoms with Crippen molar-refractivity contribution in [1.82, 2.24) is 34.7 Å². The summed E-state index contributed by atoms with van der Waals surface area (Å²) in [4.78, 5) is 17.9. The van der Waals surface area contributed by atoms with Crippen LogP contribution < -0.4 is 11.4 Å². The van der Waals surface area contributed by atoms with Gasteiger partial charge >= 0.3 is 5.69 Å². The van der Waals surface area contributed by atoms with E-state index in [0.29, 0.717) is 18.1 Å². The molecule has 0 fully saturated rings. The number of nitrogen functional groups attached to an aromatic ring is 1. The lowest BCUT2D eigenvalue weighted by atomic mass is 10.0. The Morgan fingerprint density at radius 3 is 2.51 bits per heavy atom. The van der Waals surface area contributed by atoms with Gasteiger partial charge in [-0.1, -0.05) is 61.9 Å². The average molecular weight is 467 g/mol. The monoisotopic (exact) mass is 466 g/mol. The quantitative estimate of drug-likeness (QED) is 0.335. The van der Waals surface area contributed by atoms with Crippen molar-refractivity contribution in [1.29, 1.82) is 0 Å². The lowest BCUT2D eigenvalue weighted by Crippen LogP contribution is -2.28. The molecule has 5 rings (SSSR count). The molecule has 0 saturated heterocycles. The molecule has 0 radical (unpaired) electrons. The first kappa shape index (κ1) is 22.3. The summed E-state index contributed by atoms with van der Waals surface area (Å²) in [7, 11) is 0. The van der Waals surface area contributed by atoms with Gasteiger partial charge in [0.15, 0.2) is 0 Å². The summed E-state index contributed by atoms with van der Waals surface area (Å²) >= 11 is 0. The SMILES string of the molecule is CCCC(c1ccccc1N)n1ccn(Cc2ccc(-c3ccccc3-c3nn[nH]n3)nc2)c1=O. The van der Waals surface area contributed by atoms with Crippen LogP contribution in [-0.2, 0) is 6.54 Å². The predicted molar refractivity (Wildman–Crippen MR) is 135 cm³/mol. The molecule has 0 saturated carbocycles. The molecule has 1 unspecified atom stereocenters. The number of pyridine rings is 1. The molecule has 9 nitrogen and oxygen atoms in total. The van der Waals surface area contributed by atoms with E-state index >= 15 is 0 Å². The van der Waals surface area contributed by atoms with Gasteiger partial charge in [-0.15, -0.1) is 10.2 Å². The molecule has 9 heteroatoms. The molecule has 3 N–H and O–H groups in total. The van der Waals surface area contributed by atoms with Gasteiger partial charge in [-0.25, -0.2) is 4.79 Å². The second-order valence-corrected chi connectivity index (χ2v) is 8.38. The van der Waals surface area contributed by atoms with Crippen LogP contribution in [0.1, 0.15) is 36.9 Å². The van der Waals surface area contributed by atoms with Crippen LogP contribution in [0.4, 0.5) is 5.69 Å². The molecule has 2 aromatic carbocycles. The number of nitrogens with two attached hydrogens (primary N) is 1. The number of anilines is 1. The summed E-state index contributed by atoms with van der Waals surface area (Å²) in [5.41, 5.74) is 11.3. The third-order valence-electron chi connectivity index (χ3n) is 6.09. The zero-order valence-corrected chi connectivity index (χ0v) is 19.4. The first-order valence-corrected chi connectivity index (χ1v) is 11.6. The minimum absolute atomic E-state index is 0.0711. The van der Waals surface area contributed by atoms with Crippen molar-refractivity contribution in [2.75, 3.05) is 5.73 Å². The molecule has 0 spiro atoms. The smallest absolute Gasteiger partial charge is 0.329 e. The van der Waals surface area contributed by atoms with Gasteiger partial charge in [0.05, 0.1) is 18.3 Å². The molecule has 5 aromatic rings. The summed E-state index contributed by atoms with van der Waals surface area (Å²) in [6, 6.07) is 19.4. The van der Waals surface area contributed by atoms with Gasteiger partial charge in [-0.3, -0.25) is 14.1 Å². The van der Waals surface area contributed by atoms with Gasteiger partial charge in [-0.2, -0.15) is 5.21 Å². The van der Waals surface area contributed by atoms with E-state index in [9.17, 15) is 4.79 Å². The topological polar surface area (TPSA) is 120 Å². The van der Waals surface area contributed by atoms with Gasteiger partial charge in [0.25, 0.3) is 0 Å². The highest BCUT2D eigenvalue weighted by Gasteiger charge is 2.19. The van der Waals surface area contributed by atoms with Crippen LogP contribution in [-0.4, -0.2) is 34.7 Å². The Balaban J connectivity index is 1.40. The number of benzene rings is 2. The molecular formula is C26H26N8O. The number of nitrogens with zero attached hydrogens (tertiary/aromatic N) is 6. The molecule has 0 aliphatic heterocycles. The number of imidazole rings is 1. The third kappa shape index (κ3) is 4.48. The second kappa shape index (κ2) is 9.76. The highest BCUT2D eigenvalue weighted by molar-refractivity contribution is 5.78. The number of aromatic nitrogens is 7. The number of nitrogens with one attached hydrogen (secondary N) is 1. The van der Waals surface area contributed by atoms with E-state index in [-0.39, 0.29) is 11.7 Å². The van der Waals surface area contributed by atoms with E-state index in [1.807, 2.05) is 73.1 Å². The van der Waals surface area contributed by atoms with Crippen LogP contribution >= 0.6 is 0 Å². The Kier molecular flexibility index (Phi) is 6.21. The fourth-order valence-electron chi connectivity index (χ4n) is 4.37. The third-order valence-corrected chi connectivity index (χ3v) is 6.09. The summed E-state index contributed by atoms with van der Waals surface area (Å²) in [5.74, 6) is 0.514. The minimum Gasteiger partial charge on any atom is -0.398 e. The lowest BCUT2D eigenvalue weighted by molar-refractivity contribution is 0.510. The van der Waals surface area contributed by atoms with Crippen molar-refractivity contribution in [3.8, 4) is 22.6 Å². The zero-order valence-electron chi connectivity index (χ0n) is 19.4. The summed E-state index contributed by atoms with van der Waals surface area (Å²) in [5, 5.41) is 14.3. The molecule has 3 aromatic heterocycles. The summed E-state index contributed by atoms with van der Waals surface area (Å²) in [6.45, 7) is 2.53. The highest BCUT2D eigenvalue weighted by atomic mass is 16.1. The first-order chi connectivity index (χ1) is 17.2. The van der Waals surface area contributed by atoms with Crippen LogP contribution in [0, 0.1) is 0 Å². The fourth-order valence-corrected chi connectivity index (χ4v) is 4.37. The van der Waals surface area contributed by atoms with E-state index in [4.69, 9.17) is 5.73 Å². The number of H-pyrrole nitrogens is 1. The van der Waals surface area contributed by atoms with E-state index in [1.165, 1.54) is 0 Å². The summed E-state index contributed by atoms with van der Waals surface area (Å²) < 4.78 is 3.48. The molecule has 176 valence electrons. The van der Waals surface area contributed by atoms with Gasteiger partial charge in [-0.05, 0) is 34.9 Å². The Morgan fingerprint density at radius 1 is 1.00 bits per heavy atom. The van der Waals surface area contributed by atoms with Gasteiger partial charge in [0.1, 0.15) is 0 Å². The van der Waals surface area contributed by atoms with E-state index in [0.717, 1.165) is 40.8 Å². The van der Waals surface area contributed by atoms with Crippen LogP contribution in [0.5, 0.6) is 0 Å². The van der Waals surface area contributed by atoms with Crippen molar-refractivity contribution >= 4 is 5.69 Å². The van der Waals surface area contributed by atoms with Crippen molar-refractivity contribution in [3.63, 3.8) is 0 Å². The zero-order chi connectivity index (χ0) is 24.2.